The molecule has 0 radical (unpaired) electrons. The number of rotatable bonds is 9. The van der Waals surface area contributed by atoms with Gasteiger partial charge in [0.15, 0.2) is 0 Å². The quantitative estimate of drug-likeness (QED) is 0.141. The number of aromatic nitrogens is 1. The van der Waals surface area contributed by atoms with E-state index in [0.29, 0.717) is 0 Å². The van der Waals surface area contributed by atoms with Crippen molar-refractivity contribution in [1.82, 2.24) is 4.57 Å². The lowest BCUT2D eigenvalue weighted by atomic mass is 9.91. The lowest BCUT2D eigenvalue weighted by molar-refractivity contribution is 0.889. The molecule has 0 saturated heterocycles. The fourth-order valence-corrected chi connectivity index (χ4v) is 10.2. The molecule has 10 aromatic carbocycles. The molecule has 0 amide bonds. The van der Waals surface area contributed by atoms with Gasteiger partial charge in [-0.25, -0.2) is 0 Å². The van der Waals surface area contributed by atoms with Gasteiger partial charge >= 0.3 is 0 Å². The van der Waals surface area contributed by atoms with Crippen LogP contribution in [0.3, 0.4) is 0 Å². The number of anilines is 3. The molecule has 0 atom stereocenters. The SMILES string of the molecule is C1=Cc2c(n(-c3cccc(-c4ccc(N(c5ccc(-c6ccccc6)c(-c6ccc7ccccc7c6)c5)c5ccccc5-c5ccccc5)cc4)c3-c3ccccc3)c3ccccc23)CC1. The molecule has 0 N–H and O–H groups in total. The predicted octanol–water partition coefficient (Wildman–Crippen LogP) is 17.5. The van der Waals surface area contributed by atoms with E-state index >= 15 is 0 Å². The molecule has 2 nitrogen and oxygen atoms in total. The van der Waals surface area contributed by atoms with E-state index in [1.807, 2.05) is 0 Å². The summed E-state index contributed by atoms with van der Waals surface area (Å²) in [5, 5.41) is 3.76. The van der Waals surface area contributed by atoms with Gasteiger partial charge < -0.3 is 9.47 Å². The van der Waals surface area contributed by atoms with Crippen molar-refractivity contribution >= 4 is 44.8 Å². The van der Waals surface area contributed by atoms with Gasteiger partial charge in [0.1, 0.15) is 0 Å². The molecule has 66 heavy (non-hydrogen) atoms. The van der Waals surface area contributed by atoms with Gasteiger partial charge in [-0.3, -0.25) is 0 Å². The minimum absolute atomic E-state index is 1.00. The van der Waals surface area contributed by atoms with Crippen molar-refractivity contribution in [3.8, 4) is 61.3 Å². The predicted molar refractivity (Wildman–Crippen MR) is 280 cm³/mol. The first-order valence-electron chi connectivity index (χ1n) is 23.0. The summed E-state index contributed by atoms with van der Waals surface area (Å²) in [6, 6.07) is 88.6. The smallest absolute Gasteiger partial charge is 0.0543 e. The monoisotopic (exact) mass is 842 g/mol. The molecular formula is C64H46N2. The Bertz CT molecular complexity index is 3560. The second-order valence-corrected chi connectivity index (χ2v) is 17.1. The van der Waals surface area contributed by atoms with Gasteiger partial charge in [0.05, 0.1) is 16.9 Å². The third-order valence-corrected chi connectivity index (χ3v) is 13.3. The van der Waals surface area contributed by atoms with Crippen LogP contribution in [0.5, 0.6) is 0 Å². The summed E-state index contributed by atoms with van der Waals surface area (Å²) in [4.78, 5) is 2.44. The second-order valence-electron chi connectivity index (χ2n) is 17.1. The molecule has 2 heteroatoms. The summed E-state index contributed by atoms with van der Waals surface area (Å²) >= 11 is 0. The van der Waals surface area contributed by atoms with Gasteiger partial charge in [-0.1, -0.05) is 206 Å². The minimum atomic E-state index is 1.00. The van der Waals surface area contributed by atoms with E-state index < -0.39 is 0 Å². The van der Waals surface area contributed by atoms with Crippen LogP contribution in [0.25, 0.3) is 89.1 Å². The Morgan fingerprint density at radius 3 is 1.77 bits per heavy atom. The zero-order chi connectivity index (χ0) is 43.8. The van der Waals surface area contributed by atoms with Gasteiger partial charge in [-0.2, -0.15) is 0 Å². The highest BCUT2D eigenvalue weighted by molar-refractivity contribution is 5.98. The summed E-state index contributed by atoms with van der Waals surface area (Å²) in [6.07, 6.45) is 6.68. The third-order valence-electron chi connectivity index (χ3n) is 13.3. The summed E-state index contributed by atoms with van der Waals surface area (Å²) < 4.78 is 2.53. The van der Waals surface area contributed by atoms with Gasteiger partial charge in [0.2, 0.25) is 0 Å². The lowest BCUT2D eigenvalue weighted by Gasteiger charge is -2.29. The fraction of sp³-hybridized carbons (Fsp3) is 0.0312. The Hall–Kier alpha value is -8.46. The molecule has 0 saturated carbocycles. The molecule has 0 unspecified atom stereocenters. The van der Waals surface area contributed by atoms with Crippen LogP contribution >= 0.6 is 0 Å². The average molecular weight is 843 g/mol. The third kappa shape index (κ3) is 7.01. The number of hydrogen-bond donors (Lipinski definition) is 0. The number of para-hydroxylation sites is 2. The molecule has 0 bridgehead atoms. The van der Waals surface area contributed by atoms with Gasteiger partial charge in [0.25, 0.3) is 0 Å². The van der Waals surface area contributed by atoms with Crippen LogP contribution in [-0.4, -0.2) is 4.57 Å². The first kappa shape index (κ1) is 39.2. The Labute approximate surface area is 386 Å². The maximum Gasteiger partial charge on any atom is 0.0543 e. The lowest BCUT2D eigenvalue weighted by Crippen LogP contribution is -2.11. The molecule has 12 rings (SSSR count). The molecule has 0 spiro atoms. The van der Waals surface area contributed by atoms with Crippen LogP contribution in [0.4, 0.5) is 17.1 Å². The van der Waals surface area contributed by atoms with E-state index in [-0.39, 0.29) is 0 Å². The molecule has 312 valence electrons. The Morgan fingerprint density at radius 1 is 0.379 bits per heavy atom. The average Bonchev–Trinajstić information content (AvgIpc) is 3.74. The summed E-state index contributed by atoms with van der Waals surface area (Å²) in [5.74, 6) is 0. The Balaban J connectivity index is 1.05. The topological polar surface area (TPSA) is 8.17 Å². The Kier molecular flexibility index (Phi) is 10.0. The van der Waals surface area contributed by atoms with Crippen molar-refractivity contribution in [3.63, 3.8) is 0 Å². The molecule has 1 heterocycles. The van der Waals surface area contributed by atoms with E-state index in [4.69, 9.17) is 0 Å². The summed E-state index contributed by atoms with van der Waals surface area (Å²) in [5.41, 5.74) is 20.3. The molecule has 0 fully saturated rings. The highest BCUT2D eigenvalue weighted by atomic mass is 15.1. The van der Waals surface area contributed by atoms with E-state index in [1.54, 1.807) is 0 Å². The summed E-state index contributed by atoms with van der Waals surface area (Å²) in [6.45, 7) is 0. The van der Waals surface area contributed by atoms with Crippen LogP contribution in [-0.2, 0) is 6.42 Å². The van der Waals surface area contributed by atoms with Crippen molar-refractivity contribution in [3.05, 3.63) is 260 Å². The molecule has 0 aliphatic heterocycles. The zero-order valence-corrected chi connectivity index (χ0v) is 36.6. The maximum absolute atomic E-state index is 2.53. The van der Waals surface area contributed by atoms with Crippen molar-refractivity contribution < 1.29 is 0 Å². The number of fused-ring (bicyclic) bond motifs is 4. The van der Waals surface area contributed by atoms with Gasteiger partial charge in [-0.05, 0) is 117 Å². The van der Waals surface area contributed by atoms with E-state index in [1.165, 1.54) is 83.1 Å². The highest BCUT2D eigenvalue weighted by Gasteiger charge is 2.24. The standard InChI is InChI=1S/C64H46N2/c1-4-20-46(21-5-1)54-42-41-53(44-59(54)51-36-35-45-19-10-11-26-50(45)43-51)65(60-31-15-12-27-55(60)47-22-6-2-7-23-47)52-39-37-48(38-40-52)56-30-18-34-63(64(56)49-24-8-3-9-25-49)66-61-32-16-13-28-57(61)58-29-14-17-33-62(58)66/h1-16,18-32,34-44H,17,33H2. The Morgan fingerprint density at radius 2 is 0.985 bits per heavy atom. The van der Waals surface area contributed by atoms with E-state index in [9.17, 15) is 0 Å². The van der Waals surface area contributed by atoms with Crippen molar-refractivity contribution in [1.29, 1.82) is 0 Å². The van der Waals surface area contributed by atoms with Crippen molar-refractivity contribution in [2.75, 3.05) is 4.90 Å². The van der Waals surface area contributed by atoms with Gasteiger partial charge in [0, 0.05) is 39.1 Å². The molecule has 1 aliphatic carbocycles. The van der Waals surface area contributed by atoms with Crippen LogP contribution < -0.4 is 4.90 Å². The molecule has 1 aliphatic rings. The minimum Gasteiger partial charge on any atom is -0.312 e. The number of nitrogens with zero attached hydrogens (tertiary/aromatic N) is 2. The van der Waals surface area contributed by atoms with Crippen LogP contribution in [0.1, 0.15) is 17.7 Å². The van der Waals surface area contributed by atoms with Crippen molar-refractivity contribution in [2.45, 2.75) is 12.8 Å². The second kappa shape index (κ2) is 16.9. The number of hydrogen-bond acceptors (Lipinski definition) is 1. The normalized spacial score (nSPS) is 12.1. The number of allylic oxidation sites excluding steroid dienone is 1. The number of benzene rings is 10. The first-order chi connectivity index (χ1) is 32.8. The van der Waals surface area contributed by atoms with Crippen LogP contribution in [0.2, 0.25) is 0 Å². The highest BCUT2D eigenvalue weighted by Crippen LogP contribution is 2.46. The van der Waals surface area contributed by atoms with Crippen LogP contribution in [0, 0.1) is 0 Å². The molecule has 1 aromatic heterocycles. The maximum atomic E-state index is 2.53. The first-order valence-corrected chi connectivity index (χ1v) is 23.0. The zero-order valence-electron chi connectivity index (χ0n) is 36.6. The fourth-order valence-electron chi connectivity index (χ4n) is 10.2. The van der Waals surface area contributed by atoms with Crippen molar-refractivity contribution in [2.24, 2.45) is 0 Å². The van der Waals surface area contributed by atoms with E-state index in [2.05, 4.69) is 264 Å². The van der Waals surface area contributed by atoms with E-state index in [0.717, 1.165) is 41.0 Å². The summed E-state index contributed by atoms with van der Waals surface area (Å²) in [7, 11) is 0. The molecule has 11 aromatic rings. The van der Waals surface area contributed by atoms with Crippen LogP contribution in [0.15, 0.2) is 249 Å². The molecular weight excluding hydrogens is 797 g/mol. The van der Waals surface area contributed by atoms with Gasteiger partial charge in [-0.15, -0.1) is 0 Å². The largest absolute Gasteiger partial charge is 0.312 e.